The molecule has 0 fully saturated rings. The minimum absolute atomic E-state index is 0.0181. The van der Waals surface area contributed by atoms with Crippen molar-refractivity contribution in [2.75, 3.05) is 7.05 Å². The molecule has 0 aliphatic rings. The van der Waals surface area contributed by atoms with Gasteiger partial charge in [0.2, 0.25) is 0 Å². The zero-order chi connectivity index (χ0) is 16.9. The molecule has 0 spiro atoms. The number of aryl methyl sites for hydroxylation is 2. The molecule has 0 amide bonds. The van der Waals surface area contributed by atoms with Crippen LogP contribution in [0.1, 0.15) is 24.5 Å². The first kappa shape index (κ1) is 17.7. The van der Waals surface area contributed by atoms with Crippen LogP contribution in [0.15, 0.2) is 59.5 Å². The molecule has 0 aliphatic carbocycles. The number of hydrogen-bond acceptors (Lipinski definition) is 4. The third-order valence-electron chi connectivity index (χ3n) is 3.84. The highest BCUT2D eigenvalue weighted by atomic mass is 32.2. The van der Waals surface area contributed by atoms with Gasteiger partial charge in [-0.15, -0.1) is 0 Å². The Morgan fingerprint density at radius 3 is 2.26 bits per heavy atom. The van der Waals surface area contributed by atoms with E-state index >= 15 is 0 Å². The average molecular weight is 333 g/mol. The molecule has 124 valence electrons. The second-order valence-corrected chi connectivity index (χ2v) is 7.29. The summed E-state index contributed by atoms with van der Waals surface area (Å²) in [5, 5.41) is 1.41. The van der Waals surface area contributed by atoms with Crippen molar-refractivity contribution in [2.45, 2.75) is 37.6 Å². The Hall–Kier alpha value is -1.69. The van der Waals surface area contributed by atoms with Crippen molar-refractivity contribution in [3.05, 3.63) is 65.7 Å². The Balaban J connectivity index is 1.94. The van der Waals surface area contributed by atoms with E-state index in [1.165, 1.54) is 10.6 Å². The molecule has 0 saturated carbocycles. The van der Waals surface area contributed by atoms with Gasteiger partial charge < -0.3 is 0 Å². The molecule has 23 heavy (non-hydrogen) atoms. The van der Waals surface area contributed by atoms with E-state index in [0.29, 0.717) is 0 Å². The number of benzene rings is 2. The van der Waals surface area contributed by atoms with Crippen LogP contribution in [-0.4, -0.2) is 26.6 Å². The minimum atomic E-state index is -3.78. The Kier molecular flexibility index (Phi) is 5.93. The summed E-state index contributed by atoms with van der Waals surface area (Å²) < 4.78 is 29.8. The average Bonchev–Trinajstić information content (AvgIpc) is 2.53. The normalized spacial score (nSPS) is 13.2. The van der Waals surface area contributed by atoms with Gasteiger partial charge in [-0.1, -0.05) is 48.0 Å². The highest BCUT2D eigenvalue weighted by Crippen LogP contribution is 2.17. The molecule has 4 nitrogen and oxygen atoms in total. The van der Waals surface area contributed by atoms with Crippen LogP contribution in [0, 0.1) is 6.92 Å². The molecular formula is C18H23NO3S. The number of rotatable bonds is 7. The fourth-order valence-corrected chi connectivity index (χ4v) is 3.19. The maximum absolute atomic E-state index is 12.3. The quantitative estimate of drug-likeness (QED) is 0.727. The Morgan fingerprint density at radius 2 is 1.65 bits per heavy atom. The van der Waals surface area contributed by atoms with Crippen LogP contribution in [0.4, 0.5) is 0 Å². The van der Waals surface area contributed by atoms with Crippen molar-refractivity contribution in [3.63, 3.8) is 0 Å². The van der Waals surface area contributed by atoms with Crippen LogP contribution in [0.3, 0.4) is 0 Å². The lowest BCUT2D eigenvalue weighted by atomic mass is 10.1. The molecule has 5 heteroatoms. The van der Waals surface area contributed by atoms with Crippen LogP contribution in [0.2, 0.25) is 0 Å². The maximum Gasteiger partial charge on any atom is 0.313 e. The third kappa shape index (κ3) is 5.16. The smallest absolute Gasteiger partial charge is 0.192 e. The number of hydrogen-bond donors (Lipinski definition) is 0. The molecular weight excluding hydrogens is 310 g/mol. The Labute approximate surface area is 138 Å². The van der Waals surface area contributed by atoms with E-state index in [0.717, 1.165) is 18.4 Å². The van der Waals surface area contributed by atoms with E-state index in [-0.39, 0.29) is 10.9 Å². The fourth-order valence-electron chi connectivity index (χ4n) is 2.18. The van der Waals surface area contributed by atoms with E-state index in [1.54, 1.807) is 31.3 Å². The molecule has 0 radical (unpaired) electrons. The predicted octanol–water partition coefficient (Wildman–Crippen LogP) is 3.57. The Bertz CT molecular complexity index is 712. The molecule has 0 aliphatic heterocycles. The van der Waals surface area contributed by atoms with Crippen molar-refractivity contribution in [1.82, 2.24) is 5.06 Å². The van der Waals surface area contributed by atoms with E-state index in [4.69, 9.17) is 4.28 Å². The molecule has 0 heterocycles. The summed E-state index contributed by atoms with van der Waals surface area (Å²) in [5.74, 6) is 0. The predicted molar refractivity (Wildman–Crippen MR) is 91.4 cm³/mol. The second kappa shape index (κ2) is 7.73. The van der Waals surface area contributed by atoms with Crippen LogP contribution in [-0.2, 0) is 20.8 Å². The van der Waals surface area contributed by atoms with Crippen LogP contribution in [0.25, 0.3) is 0 Å². The number of nitrogens with zero attached hydrogens (tertiary/aromatic N) is 1. The molecule has 1 atom stereocenters. The van der Waals surface area contributed by atoms with E-state index < -0.39 is 10.1 Å². The molecule has 2 aromatic carbocycles. The van der Waals surface area contributed by atoms with Gasteiger partial charge >= 0.3 is 10.1 Å². The first-order valence-electron chi connectivity index (χ1n) is 7.66. The van der Waals surface area contributed by atoms with Crippen molar-refractivity contribution in [2.24, 2.45) is 0 Å². The van der Waals surface area contributed by atoms with Gasteiger partial charge in [-0.3, -0.25) is 0 Å². The molecule has 2 rings (SSSR count). The largest absolute Gasteiger partial charge is 0.313 e. The molecule has 2 aromatic rings. The van der Waals surface area contributed by atoms with Gasteiger partial charge in [-0.05, 0) is 44.4 Å². The second-order valence-electron chi connectivity index (χ2n) is 5.76. The van der Waals surface area contributed by atoms with Crippen molar-refractivity contribution in [3.8, 4) is 0 Å². The zero-order valence-electron chi connectivity index (χ0n) is 13.8. The maximum atomic E-state index is 12.3. The molecule has 0 saturated heterocycles. The molecule has 1 unspecified atom stereocenters. The summed E-state index contributed by atoms with van der Waals surface area (Å²) in [7, 11) is -2.12. The molecule has 0 N–H and O–H groups in total. The van der Waals surface area contributed by atoms with E-state index in [1.807, 2.05) is 32.0 Å². The zero-order valence-corrected chi connectivity index (χ0v) is 14.6. The van der Waals surface area contributed by atoms with E-state index in [2.05, 4.69) is 12.1 Å². The van der Waals surface area contributed by atoms with Gasteiger partial charge in [0.05, 0.1) is 4.90 Å². The highest BCUT2D eigenvalue weighted by Gasteiger charge is 2.21. The minimum Gasteiger partial charge on any atom is -0.192 e. The van der Waals surface area contributed by atoms with Crippen molar-refractivity contribution in [1.29, 1.82) is 0 Å². The van der Waals surface area contributed by atoms with Crippen molar-refractivity contribution >= 4 is 10.1 Å². The van der Waals surface area contributed by atoms with Gasteiger partial charge in [0.25, 0.3) is 0 Å². The lowest BCUT2D eigenvalue weighted by molar-refractivity contribution is -0.0603. The monoisotopic (exact) mass is 333 g/mol. The Morgan fingerprint density at radius 1 is 1.04 bits per heavy atom. The number of hydroxylamine groups is 2. The first-order valence-corrected chi connectivity index (χ1v) is 9.07. The topological polar surface area (TPSA) is 46.6 Å². The lowest BCUT2D eigenvalue weighted by Gasteiger charge is -2.23. The molecule has 0 aromatic heterocycles. The standard InChI is InChI=1S/C18H23NO3S/c1-15-9-13-18(14-10-15)23(20,21)22-19(3)16(2)11-12-17-7-5-4-6-8-17/h4-10,13-14,16H,11-12H2,1-3H3. The van der Waals surface area contributed by atoms with Crippen molar-refractivity contribution < 1.29 is 12.7 Å². The lowest BCUT2D eigenvalue weighted by Crippen LogP contribution is -2.32. The molecule has 0 bridgehead atoms. The SMILES string of the molecule is Cc1ccc(S(=O)(=O)ON(C)C(C)CCc2ccccc2)cc1. The van der Waals surface area contributed by atoms with Gasteiger partial charge in [0, 0.05) is 13.1 Å². The fraction of sp³-hybridized carbons (Fsp3) is 0.333. The third-order valence-corrected chi connectivity index (χ3v) is 5.12. The summed E-state index contributed by atoms with van der Waals surface area (Å²) in [6.07, 6.45) is 1.68. The van der Waals surface area contributed by atoms with Gasteiger partial charge in [-0.2, -0.15) is 17.8 Å². The summed E-state index contributed by atoms with van der Waals surface area (Å²) in [4.78, 5) is 0.171. The van der Waals surface area contributed by atoms with Crippen LogP contribution >= 0.6 is 0 Å². The summed E-state index contributed by atoms with van der Waals surface area (Å²) in [5.41, 5.74) is 2.24. The summed E-state index contributed by atoms with van der Waals surface area (Å²) in [6.45, 7) is 3.86. The highest BCUT2D eigenvalue weighted by molar-refractivity contribution is 7.86. The van der Waals surface area contributed by atoms with Gasteiger partial charge in [-0.25, -0.2) is 0 Å². The first-order chi connectivity index (χ1) is 10.9. The van der Waals surface area contributed by atoms with E-state index in [9.17, 15) is 8.42 Å². The summed E-state index contributed by atoms with van der Waals surface area (Å²) >= 11 is 0. The van der Waals surface area contributed by atoms with Crippen LogP contribution in [0.5, 0.6) is 0 Å². The van der Waals surface area contributed by atoms with Gasteiger partial charge in [0.1, 0.15) is 0 Å². The van der Waals surface area contributed by atoms with Gasteiger partial charge in [0.15, 0.2) is 0 Å². The summed E-state index contributed by atoms with van der Waals surface area (Å²) in [6, 6.07) is 16.7. The van der Waals surface area contributed by atoms with Crippen LogP contribution < -0.4 is 0 Å².